The third kappa shape index (κ3) is 6.29. The van der Waals surface area contributed by atoms with Crippen molar-refractivity contribution in [2.45, 2.75) is 76.4 Å². The summed E-state index contributed by atoms with van der Waals surface area (Å²) in [6, 6.07) is 7.19. The van der Waals surface area contributed by atoms with Gasteiger partial charge in [0.1, 0.15) is 5.75 Å². The van der Waals surface area contributed by atoms with Crippen molar-refractivity contribution >= 4 is 22.3 Å². The molecule has 0 heterocycles. The van der Waals surface area contributed by atoms with Crippen molar-refractivity contribution in [1.82, 2.24) is 0 Å². The Morgan fingerprint density at radius 3 is 2.42 bits per heavy atom. The molecule has 2 aromatic carbocycles. The van der Waals surface area contributed by atoms with Gasteiger partial charge in [-0.15, -0.1) is 0 Å². The number of carbonyl (C=O) groups excluding carboxylic acids is 1. The lowest BCUT2D eigenvalue weighted by atomic mass is 9.95. The summed E-state index contributed by atoms with van der Waals surface area (Å²) >= 11 is 0. The van der Waals surface area contributed by atoms with Crippen LogP contribution in [0.1, 0.15) is 74.6 Å². The van der Waals surface area contributed by atoms with Crippen LogP contribution in [0.4, 0.5) is 19.3 Å². The number of ether oxygens (including phenoxy) is 1. The Balaban J connectivity index is 1.92. The average Bonchev–Trinajstić information content (AvgIpc) is 3.52. The third-order valence-corrected chi connectivity index (χ3v) is 6.67. The van der Waals surface area contributed by atoms with Crippen LogP contribution in [0.2, 0.25) is 0 Å². The molecule has 0 unspecified atom stereocenters. The minimum absolute atomic E-state index is 0.0524. The van der Waals surface area contributed by atoms with Crippen molar-refractivity contribution in [1.29, 1.82) is 0 Å². The van der Waals surface area contributed by atoms with Gasteiger partial charge in [0.15, 0.2) is 0 Å². The van der Waals surface area contributed by atoms with Gasteiger partial charge in [-0.25, -0.2) is 4.79 Å². The van der Waals surface area contributed by atoms with Gasteiger partial charge in [0.05, 0.1) is 5.60 Å². The lowest BCUT2D eigenvalue weighted by Gasteiger charge is -2.21. The van der Waals surface area contributed by atoms with Crippen molar-refractivity contribution in [3.8, 4) is 5.75 Å². The molecule has 9 heteroatoms. The van der Waals surface area contributed by atoms with E-state index in [1.807, 2.05) is 13.8 Å². The van der Waals surface area contributed by atoms with E-state index in [-0.39, 0.29) is 17.6 Å². The molecule has 2 aromatic rings. The molecule has 2 N–H and O–H groups in total. The standard InChI is InChI=1S/C24H29F2N2O4S/c1-13(2)18-11-17(32-22(25)26)12-19(15-6-7-15)21(18)27-23(29)28-33(31)20-9-8-16(10-14(20)3)24(4,5)30/h8-13,15,22,30H,6-7H2,1-5H3,(H,27,29)/q-1. The zero-order valence-corrected chi connectivity index (χ0v) is 20.1. The van der Waals surface area contributed by atoms with Crippen LogP contribution in [0.5, 0.6) is 5.75 Å². The van der Waals surface area contributed by atoms with E-state index in [1.54, 1.807) is 39.0 Å². The molecule has 0 bridgehead atoms. The van der Waals surface area contributed by atoms with Crippen LogP contribution in [0.3, 0.4) is 0 Å². The van der Waals surface area contributed by atoms with Gasteiger partial charge in [-0.2, -0.15) is 19.4 Å². The summed E-state index contributed by atoms with van der Waals surface area (Å²) in [6.45, 7) is 5.86. The van der Waals surface area contributed by atoms with Crippen LogP contribution in [0.15, 0.2) is 39.6 Å². The molecular formula is C24H29F2N2O4S-. The van der Waals surface area contributed by atoms with Crippen molar-refractivity contribution in [3.63, 3.8) is 0 Å². The van der Waals surface area contributed by atoms with E-state index < -0.39 is 28.8 Å². The number of aliphatic hydroxyl groups is 1. The smallest absolute Gasteiger partial charge is 0.387 e. The molecule has 0 saturated heterocycles. The number of urea groups is 1. The molecule has 0 spiro atoms. The number of hydrogen-bond donors (Lipinski definition) is 2. The first-order valence-electron chi connectivity index (χ1n) is 10.8. The molecule has 6 nitrogen and oxygen atoms in total. The molecule has 0 radical (unpaired) electrons. The molecule has 33 heavy (non-hydrogen) atoms. The molecule has 180 valence electrons. The topological polar surface area (TPSA) is 88.0 Å². The highest BCUT2D eigenvalue weighted by Crippen LogP contribution is 2.47. The quantitative estimate of drug-likeness (QED) is 0.440. The average molecular weight is 480 g/mol. The zero-order valence-electron chi connectivity index (χ0n) is 19.3. The van der Waals surface area contributed by atoms with Crippen molar-refractivity contribution in [3.05, 3.63) is 52.6 Å². The van der Waals surface area contributed by atoms with Crippen molar-refractivity contribution in [2.24, 2.45) is 4.36 Å². The largest absolute Gasteiger partial charge is 0.439 e. The summed E-state index contributed by atoms with van der Waals surface area (Å²) in [5.74, 6) is 0.110. The molecule has 0 aliphatic heterocycles. The van der Waals surface area contributed by atoms with Crippen LogP contribution in [-0.2, 0) is 20.4 Å². The Bertz CT molecular complexity index is 1110. The minimum Gasteiger partial charge on any atom is -0.439 e. The van der Waals surface area contributed by atoms with E-state index >= 15 is 0 Å². The molecule has 1 aliphatic carbocycles. The van der Waals surface area contributed by atoms with Gasteiger partial charge in [0.2, 0.25) is 0 Å². The first-order valence-corrected chi connectivity index (χ1v) is 11.9. The maximum absolute atomic E-state index is 12.8. The SMILES string of the molecule is Cc1cc(C(C)(C)O)ccc1[S-](=O)=NC(=O)Nc1c(C(C)C)cc(OC(F)F)cc1C1CC1. The highest BCUT2D eigenvalue weighted by Gasteiger charge is 2.29. The monoisotopic (exact) mass is 479 g/mol. The number of alkyl halides is 2. The fourth-order valence-corrected chi connectivity index (χ4v) is 4.44. The van der Waals surface area contributed by atoms with Gasteiger partial charge >= 0.3 is 12.6 Å². The predicted octanol–water partition coefficient (Wildman–Crippen LogP) is 6.56. The van der Waals surface area contributed by atoms with Gasteiger partial charge in [-0.05, 0) is 74.3 Å². The molecule has 0 atom stereocenters. The molecule has 0 aromatic heterocycles. The van der Waals surface area contributed by atoms with Crippen LogP contribution in [-0.4, -0.2) is 17.7 Å². The summed E-state index contributed by atoms with van der Waals surface area (Å²) in [6.07, 6.45) is 1.77. The Kier molecular flexibility index (Phi) is 7.43. The summed E-state index contributed by atoms with van der Waals surface area (Å²) < 4.78 is 46.8. The van der Waals surface area contributed by atoms with Crippen LogP contribution in [0, 0.1) is 6.92 Å². The minimum atomic E-state index is -2.94. The molecule has 1 fully saturated rings. The van der Waals surface area contributed by atoms with E-state index in [1.165, 1.54) is 12.1 Å². The van der Waals surface area contributed by atoms with Gasteiger partial charge in [-0.1, -0.05) is 42.5 Å². The third-order valence-electron chi connectivity index (χ3n) is 5.50. The van der Waals surface area contributed by atoms with E-state index in [0.717, 1.165) is 18.4 Å². The fraction of sp³-hybridized carbons (Fsp3) is 0.458. The highest BCUT2D eigenvalue weighted by molar-refractivity contribution is 7.75. The second kappa shape index (κ2) is 9.77. The lowest BCUT2D eigenvalue weighted by molar-refractivity contribution is -0.0499. The number of anilines is 1. The Labute approximate surface area is 194 Å². The molecular weight excluding hydrogens is 450 g/mol. The normalized spacial score (nSPS) is 15.2. The lowest BCUT2D eigenvalue weighted by Crippen LogP contribution is -2.15. The Morgan fingerprint density at radius 2 is 1.91 bits per heavy atom. The number of halogens is 2. The Morgan fingerprint density at radius 1 is 1.24 bits per heavy atom. The van der Waals surface area contributed by atoms with E-state index in [0.29, 0.717) is 27.3 Å². The number of nitrogens with zero attached hydrogens (tertiary/aromatic N) is 1. The number of hydrogen-bond acceptors (Lipinski definition) is 5. The van der Waals surface area contributed by atoms with Gasteiger partial charge in [-0.3, -0.25) is 0 Å². The maximum atomic E-state index is 12.8. The van der Waals surface area contributed by atoms with Crippen LogP contribution >= 0.6 is 0 Å². The van der Waals surface area contributed by atoms with Crippen LogP contribution < -0.4 is 10.1 Å². The molecule has 1 saturated carbocycles. The number of aryl methyl sites for hydroxylation is 1. The number of rotatable bonds is 7. The maximum Gasteiger partial charge on any atom is 0.387 e. The van der Waals surface area contributed by atoms with Gasteiger partial charge in [0.25, 0.3) is 0 Å². The predicted molar refractivity (Wildman–Crippen MR) is 123 cm³/mol. The fourth-order valence-electron chi connectivity index (χ4n) is 3.63. The number of amides is 2. The van der Waals surface area contributed by atoms with E-state index in [9.17, 15) is 22.9 Å². The first-order chi connectivity index (χ1) is 15.4. The zero-order chi connectivity index (χ0) is 24.5. The number of carbonyl (C=O) groups is 1. The number of nitrogens with one attached hydrogen (secondary N) is 1. The second-order valence-corrected chi connectivity index (χ2v) is 10.2. The van der Waals surface area contributed by atoms with Crippen molar-refractivity contribution in [2.75, 3.05) is 5.32 Å². The molecule has 3 rings (SSSR count). The van der Waals surface area contributed by atoms with E-state index in [2.05, 4.69) is 14.4 Å². The van der Waals surface area contributed by atoms with Gasteiger partial charge in [0, 0.05) is 5.69 Å². The molecule has 1 aliphatic rings. The van der Waals surface area contributed by atoms with E-state index in [4.69, 9.17) is 0 Å². The summed E-state index contributed by atoms with van der Waals surface area (Å²) in [7, 11) is -1.96. The first kappa shape index (κ1) is 25.1. The number of benzene rings is 2. The highest BCUT2D eigenvalue weighted by atomic mass is 32.2. The molecule has 2 amide bonds. The Hall–Kier alpha value is -2.52. The summed E-state index contributed by atoms with van der Waals surface area (Å²) in [5, 5.41) is 12.9. The summed E-state index contributed by atoms with van der Waals surface area (Å²) in [5.41, 5.74) is 2.12. The summed E-state index contributed by atoms with van der Waals surface area (Å²) in [4.78, 5) is 13.1. The van der Waals surface area contributed by atoms with Gasteiger partial charge < -0.3 is 23.7 Å². The van der Waals surface area contributed by atoms with Crippen LogP contribution in [0.25, 0.3) is 0 Å². The second-order valence-electron chi connectivity index (χ2n) is 9.09. The van der Waals surface area contributed by atoms with Crippen molar-refractivity contribution < 1.29 is 27.6 Å².